The van der Waals surface area contributed by atoms with Crippen LogP contribution in [0, 0.1) is 12.8 Å². The summed E-state index contributed by atoms with van der Waals surface area (Å²) in [4.78, 5) is 29.4. The van der Waals surface area contributed by atoms with E-state index in [4.69, 9.17) is 0 Å². The van der Waals surface area contributed by atoms with Crippen LogP contribution in [-0.4, -0.2) is 86.2 Å². The Labute approximate surface area is 198 Å². The highest BCUT2D eigenvalue weighted by atomic mass is 32.2. The molecular weight excluding hydrogens is 440 g/mol. The van der Waals surface area contributed by atoms with E-state index in [1.54, 1.807) is 24.3 Å². The number of nitrogens with zero attached hydrogens (tertiary/aromatic N) is 3. The van der Waals surface area contributed by atoms with Crippen molar-refractivity contribution in [3.05, 3.63) is 29.8 Å². The first-order valence-electron chi connectivity index (χ1n) is 12.1. The molecule has 0 aliphatic carbocycles. The van der Waals surface area contributed by atoms with Crippen LogP contribution in [0.2, 0.25) is 0 Å². The van der Waals surface area contributed by atoms with Gasteiger partial charge in [0.1, 0.15) is 0 Å². The average molecular weight is 479 g/mol. The SMILES string of the molecule is CCC(CC)C(=O)N1CCC(NC(=O)CN2CCN(S(=O)(=O)c3ccc(C)cc3)CC2)CC1. The van der Waals surface area contributed by atoms with Crippen molar-refractivity contribution in [3.63, 3.8) is 0 Å². The van der Waals surface area contributed by atoms with Gasteiger partial charge in [-0.1, -0.05) is 31.5 Å². The molecule has 184 valence electrons. The maximum Gasteiger partial charge on any atom is 0.243 e. The highest BCUT2D eigenvalue weighted by Gasteiger charge is 2.30. The van der Waals surface area contributed by atoms with Gasteiger partial charge in [0.15, 0.2) is 0 Å². The van der Waals surface area contributed by atoms with E-state index in [0.717, 1.165) is 31.2 Å². The third-order valence-corrected chi connectivity index (χ3v) is 8.78. The Bertz CT molecular complexity index is 899. The fourth-order valence-corrected chi connectivity index (χ4v) is 6.03. The number of sulfonamides is 1. The van der Waals surface area contributed by atoms with Crippen LogP contribution in [0.4, 0.5) is 0 Å². The van der Waals surface area contributed by atoms with Gasteiger partial charge in [0.2, 0.25) is 21.8 Å². The van der Waals surface area contributed by atoms with Crippen molar-refractivity contribution >= 4 is 21.8 Å². The van der Waals surface area contributed by atoms with Crippen molar-refractivity contribution in [2.75, 3.05) is 45.8 Å². The van der Waals surface area contributed by atoms with Crippen LogP contribution in [0.5, 0.6) is 0 Å². The van der Waals surface area contributed by atoms with E-state index in [2.05, 4.69) is 19.2 Å². The lowest BCUT2D eigenvalue weighted by Crippen LogP contribution is -2.53. The summed E-state index contributed by atoms with van der Waals surface area (Å²) in [5.74, 6) is 0.308. The second-order valence-electron chi connectivity index (χ2n) is 9.17. The fourth-order valence-electron chi connectivity index (χ4n) is 4.60. The Morgan fingerprint density at radius 1 is 0.970 bits per heavy atom. The summed E-state index contributed by atoms with van der Waals surface area (Å²) in [5, 5.41) is 3.10. The van der Waals surface area contributed by atoms with E-state index < -0.39 is 10.0 Å². The van der Waals surface area contributed by atoms with Gasteiger partial charge in [-0.3, -0.25) is 14.5 Å². The van der Waals surface area contributed by atoms with Crippen molar-refractivity contribution in [2.45, 2.75) is 57.4 Å². The topological polar surface area (TPSA) is 90.0 Å². The van der Waals surface area contributed by atoms with Gasteiger partial charge in [0, 0.05) is 51.2 Å². The second kappa shape index (κ2) is 11.4. The molecule has 2 aliphatic rings. The highest BCUT2D eigenvalue weighted by molar-refractivity contribution is 7.89. The highest BCUT2D eigenvalue weighted by Crippen LogP contribution is 2.19. The van der Waals surface area contributed by atoms with E-state index in [1.165, 1.54) is 4.31 Å². The number of benzene rings is 1. The van der Waals surface area contributed by atoms with Crippen LogP contribution in [-0.2, 0) is 19.6 Å². The zero-order valence-electron chi connectivity index (χ0n) is 20.1. The fraction of sp³-hybridized carbons (Fsp3) is 0.667. The molecule has 2 heterocycles. The molecule has 9 heteroatoms. The molecule has 8 nitrogen and oxygen atoms in total. The third-order valence-electron chi connectivity index (χ3n) is 6.86. The molecule has 2 aliphatic heterocycles. The first kappa shape index (κ1) is 25.6. The van der Waals surface area contributed by atoms with Crippen LogP contribution in [0.25, 0.3) is 0 Å². The number of piperidine rings is 1. The molecule has 33 heavy (non-hydrogen) atoms. The van der Waals surface area contributed by atoms with Crippen molar-refractivity contribution in [1.29, 1.82) is 0 Å². The first-order chi connectivity index (χ1) is 15.7. The lowest BCUT2D eigenvalue weighted by molar-refractivity contribution is -0.137. The summed E-state index contributed by atoms with van der Waals surface area (Å²) in [6.07, 6.45) is 3.29. The van der Waals surface area contributed by atoms with Gasteiger partial charge in [-0.05, 0) is 44.7 Å². The van der Waals surface area contributed by atoms with Crippen LogP contribution >= 0.6 is 0 Å². The van der Waals surface area contributed by atoms with Crippen LogP contribution in [0.3, 0.4) is 0 Å². The number of hydrogen-bond acceptors (Lipinski definition) is 5. The minimum Gasteiger partial charge on any atom is -0.352 e. The smallest absolute Gasteiger partial charge is 0.243 e. The number of nitrogens with one attached hydrogen (secondary N) is 1. The number of rotatable bonds is 8. The number of carbonyl (C=O) groups excluding carboxylic acids is 2. The summed E-state index contributed by atoms with van der Waals surface area (Å²) in [6.45, 7) is 9.49. The molecule has 1 aromatic carbocycles. The summed E-state index contributed by atoms with van der Waals surface area (Å²) >= 11 is 0. The molecule has 1 N–H and O–H groups in total. The monoisotopic (exact) mass is 478 g/mol. The van der Waals surface area contributed by atoms with Gasteiger partial charge in [-0.2, -0.15) is 4.31 Å². The van der Waals surface area contributed by atoms with Crippen LogP contribution in [0.1, 0.15) is 45.1 Å². The average Bonchev–Trinajstić information content (AvgIpc) is 2.81. The predicted octanol–water partition coefficient (Wildman–Crippen LogP) is 1.84. The summed E-state index contributed by atoms with van der Waals surface area (Å²) in [6, 6.07) is 6.99. The Balaban J connectivity index is 1.41. The minimum absolute atomic E-state index is 0.0328. The van der Waals surface area contributed by atoms with Gasteiger partial charge in [0.05, 0.1) is 11.4 Å². The minimum atomic E-state index is -3.50. The molecule has 1 aromatic rings. The summed E-state index contributed by atoms with van der Waals surface area (Å²) < 4.78 is 27.2. The molecule has 2 amide bonds. The molecule has 2 fully saturated rings. The van der Waals surface area contributed by atoms with Gasteiger partial charge in [-0.25, -0.2) is 8.42 Å². The standard InChI is InChI=1S/C24H38N4O4S/c1-4-20(5-2)24(30)27-12-10-21(11-13-27)25-23(29)18-26-14-16-28(17-15-26)33(31,32)22-8-6-19(3)7-9-22/h6-9,20-21H,4-5,10-18H2,1-3H3,(H,25,29). The number of piperazine rings is 1. The molecule has 0 radical (unpaired) electrons. The van der Waals surface area contributed by atoms with E-state index >= 15 is 0 Å². The molecule has 0 bridgehead atoms. The molecular formula is C24H38N4O4S. The normalized spacial score (nSPS) is 19.1. The summed E-state index contributed by atoms with van der Waals surface area (Å²) in [7, 11) is -3.50. The maximum absolute atomic E-state index is 12.8. The van der Waals surface area contributed by atoms with E-state index in [-0.39, 0.29) is 30.3 Å². The first-order valence-corrected chi connectivity index (χ1v) is 13.6. The van der Waals surface area contributed by atoms with Crippen LogP contribution in [0.15, 0.2) is 29.2 Å². The van der Waals surface area contributed by atoms with Crippen molar-refractivity contribution < 1.29 is 18.0 Å². The molecule has 0 saturated carbocycles. The maximum atomic E-state index is 12.8. The number of likely N-dealkylation sites (tertiary alicyclic amines) is 1. The molecule has 0 atom stereocenters. The quantitative estimate of drug-likeness (QED) is 0.616. The lowest BCUT2D eigenvalue weighted by Gasteiger charge is -2.36. The molecule has 0 spiro atoms. The molecule has 0 unspecified atom stereocenters. The zero-order chi connectivity index (χ0) is 24.0. The molecule has 3 rings (SSSR count). The summed E-state index contributed by atoms with van der Waals surface area (Å²) in [5.41, 5.74) is 1.02. The Hall–Kier alpha value is -1.97. The van der Waals surface area contributed by atoms with Gasteiger partial charge >= 0.3 is 0 Å². The van der Waals surface area contributed by atoms with E-state index in [1.807, 2.05) is 16.7 Å². The van der Waals surface area contributed by atoms with E-state index in [0.29, 0.717) is 44.2 Å². The van der Waals surface area contributed by atoms with Crippen molar-refractivity contribution in [3.8, 4) is 0 Å². The van der Waals surface area contributed by atoms with Crippen molar-refractivity contribution in [1.82, 2.24) is 19.4 Å². The van der Waals surface area contributed by atoms with E-state index in [9.17, 15) is 18.0 Å². The number of carbonyl (C=O) groups is 2. The third kappa shape index (κ3) is 6.55. The predicted molar refractivity (Wildman–Crippen MR) is 128 cm³/mol. The van der Waals surface area contributed by atoms with Crippen molar-refractivity contribution in [2.24, 2.45) is 5.92 Å². The molecule has 2 saturated heterocycles. The zero-order valence-corrected chi connectivity index (χ0v) is 20.9. The Morgan fingerprint density at radius 3 is 2.09 bits per heavy atom. The number of aryl methyl sites for hydroxylation is 1. The van der Waals surface area contributed by atoms with Gasteiger partial charge < -0.3 is 10.2 Å². The van der Waals surface area contributed by atoms with Gasteiger partial charge in [0.25, 0.3) is 0 Å². The second-order valence-corrected chi connectivity index (χ2v) is 11.1. The Morgan fingerprint density at radius 2 is 1.55 bits per heavy atom. The largest absolute Gasteiger partial charge is 0.352 e. The van der Waals surface area contributed by atoms with Crippen LogP contribution < -0.4 is 5.32 Å². The number of amides is 2. The van der Waals surface area contributed by atoms with Gasteiger partial charge in [-0.15, -0.1) is 0 Å². The Kier molecular flexibility index (Phi) is 8.89. The number of hydrogen-bond donors (Lipinski definition) is 1. The molecule has 0 aromatic heterocycles. The lowest BCUT2D eigenvalue weighted by atomic mass is 9.98.